The van der Waals surface area contributed by atoms with Crippen molar-refractivity contribution in [2.75, 3.05) is 11.1 Å². The lowest BCUT2D eigenvalue weighted by Gasteiger charge is -2.09. The summed E-state index contributed by atoms with van der Waals surface area (Å²) in [5.41, 5.74) is 12.0. The molecule has 0 unspecified atom stereocenters. The second kappa shape index (κ2) is 8.07. The van der Waals surface area contributed by atoms with Gasteiger partial charge in [0.2, 0.25) is 5.27 Å². The number of hydrogen-bond donors (Lipinski definition) is 2. The smallest absolute Gasteiger partial charge is 0.302 e. The number of pyridine rings is 1. The monoisotopic (exact) mass is 468 g/mol. The topological polar surface area (TPSA) is 97.9 Å². The van der Waals surface area contributed by atoms with Crippen LogP contribution >= 0.6 is 11.3 Å². The van der Waals surface area contributed by atoms with Gasteiger partial charge >= 0.3 is 5.88 Å². The van der Waals surface area contributed by atoms with E-state index in [2.05, 4.69) is 41.8 Å². The van der Waals surface area contributed by atoms with Crippen molar-refractivity contribution in [1.29, 1.82) is 0 Å². The van der Waals surface area contributed by atoms with E-state index in [9.17, 15) is 4.79 Å². The van der Waals surface area contributed by atoms with Gasteiger partial charge in [0.25, 0.3) is 12.1 Å². The van der Waals surface area contributed by atoms with Crippen LogP contribution in [0.15, 0.2) is 71.4 Å². The van der Waals surface area contributed by atoms with Crippen molar-refractivity contribution in [3.05, 3.63) is 77.3 Å². The number of fused-ring (bicyclic) bond motifs is 1. The molecule has 1 fully saturated rings. The zero-order valence-electron chi connectivity index (χ0n) is 18.5. The molecule has 2 aromatic carbocycles. The standard InChI is InChI=1S/C26H21N5O2S/c1-15-7-9-16(10-8-15)19-13-20(17-5-3-2-4-6-17)28-26-22(19)23(27)24(34-26)25(32)29-21-14-31(30-33-21)18-11-12-18/h2-10,13-14,18H,11-12H2,1H3,(H2-,27,29,30,32)/p+1. The first kappa shape index (κ1) is 20.6. The van der Waals surface area contributed by atoms with E-state index in [-0.39, 0.29) is 5.91 Å². The number of rotatable bonds is 5. The lowest BCUT2D eigenvalue weighted by Crippen LogP contribution is -2.32. The SMILES string of the molecule is Cc1ccc(-c2cc(-c3ccccc3)nc3sc(C(=O)Nc4c[n+](C5CC5)no4)c(N)c23)cc1. The Bertz CT molecular complexity index is 1520. The third kappa shape index (κ3) is 3.72. The van der Waals surface area contributed by atoms with Gasteiger partial charge in [-0.3, -0.25) is 14.6 Å². The van der Waals surface area contributed by atoms with Crippen LogP contribution < -0.4 is 15.7 Å². The quantitative estimate of drug-likeness (QED) is 0.337. The predicted octanol–water partition coefficient (Wildman–Crippen LogP) is 5.38. The van der Waals surface area contributed by atoms with Gasteiger partial charge in [0, 0.05) is 23.8 Å². The Morgan fingerprint density at radius 1 is 1.12 bits per heavy atom. The average Bonchev–Trinajstić information content (AvgIpc) is 3.51. The van der Waals surface area contributed by atoms with E-state index in [4.69, 9.17) is 15.2 Å². The van der Waals surface area contributed by atoms with E-state index in [1.807, 2.05) is 36.4 Å². The van der Waals surface area contributed by atoms with Gasteiger partial charge in [0.05, 0.1) is 11.4 Å². The molecule has 5 aromatic rings. The second-order valence-corrected chi connectivity index (χ2v) is 9.54. The number of nitrogens with zero attached hydrogens (tertiary/aromatic N) is 3. The third-order valence-electron chi connectivity index (χ3n) is 5.98. The molecule has 0 spiro atoms. The van der Waals surface area contributed by atoms with Gasteiger partial charge < -0.3 is 5.73 Å². The first-order valence-corrected chi connectivity index (χ1v) is 11.9. The number of amides is 1. The molecule has 3 aromatic heterocycles. The lowest BCUT2D eigenvalue weighted by atomic mass is 9.99. The summed E-state index contributed by atoms with van der Waals surface area (Å²) in [6.07, 6.45) is 3.86. The first-order chi connectivity index (χ1) is 16.6. The average molecular weight is 469 g/mol. The van der Waals surface area contributed by atoms with Gasteiger partial charge in [0.1, 0.15) is 9.71 Å². The van der Waals surface area contributed by atoms with Crippen LogP contribution in [0.2, 0.25) is 0 Å². The normalized spacial score (nSPS) is 13.3. The zero-order chi connectivity index (χ0) is 23.2. The lowest BCUT2D eigenvalue weighted by molar-refractivity contribution is -0.765. The second-order valence-electron chi connectivity index (χ2n) is 8.54. The molecule has 168 valence electrons. The van der Waals surface area contributed by atoms with Crippen molar-refractivity contribution in [2.24, 2.45) is 0 Å². The van der Waals surface area contributed by atoms with Crippen LogP contribution in [0.1, 0.15) is 34.1 Å². The van der Waals surface area contributed by atoms with E-state index in [1.165, 1.54) is 16.9 Å². The Hall–Kier alpha value is -4.04. The first-order valence-electron chi connectivity index (χ1n) is 11.1. The Kier molecular flexibility index (Phi) is 4.88. The number of hydrogen-bond acceptors (Lipinski definition) is 6. The van der Waals surface area contributed by atoms with E-state index in [1.54, 1.807) is 10.9 Å². The minimum absolute atomic E-state index is 0.297. The molecule has 1 amide bonds. The Labute approximate surface area is 199 Å². The summed E-state index contributed by atoms with van der Waals surface area (Å²) >= 11 is 1.28. The molecule has 1 aliphatic rings. The van der Waals surface area contributed by atoms with E-state index in [0.717, 1.165) is 40.6 Å². The fraction of sp³-hybridized carbons (Fsp3) is 0.154. The molecule has 8 heteroatoms. The highest BCUT2D eigenvalue weighted by atomic mass is 32.1. The molecule has 0 atom stereocenters. The van der Waals surface area contributed by atoms with Gasteiger partial charge in [0.15, 0.2) is 6.04 Å². The number of anilines is 2. The van der Waals surface area contributed by atoms with Gasteiger partial charge in [-0.2, -0.15) is 0 Å². The minimum Gasteiger partial charge on any atom is -0.397 e. The highest BCUT2D eigenvalue weighted by Crippen LogP contribution is 2.41. The van der Waals surface area contributed by atoms with Crippen LogP contribution in [0.5, 0.6) is 0 Å². The van der Waals surface area contributed by atoms with E-state index >= 15 is 0 Å². The van der Waals surface area contributed by atoms with Crippen LogP contribution in [0, 0.1) is 6.92 Å². The number of carbonyl (C=O) groups is 1. The van der Waals surface area contributed by atoms with Crippen LogP contribution in [0.3, 0.4) is 0 Å². The summed E-state index contributed by atoms with van der Waals surface area (Å²) in [6.45, 7) is 2.05. The summed E-state index contributed by atoms with van der Waals surface area (Å²) in [4.78, 5) is 19.1. The molecule has 3 N–H and O–H groups in total. The maximum Gasteiger partial charge on any atom is 0.302 e. The molecule has 0 radical (unpaired) electrons. The number of nitrogen functional groups attached to an aromatic ring is 1. The molecule has 34 heavy (non-hydrogen) atoms. The van der Waals surface area contributed by atoms with Crippen molar-refractivity contribution in [3.8, 4) is 22.4 Å². The summed E-state index contributed by atoms with van der Waals surface area (Å²) in [5, 5.41) is 7.55. The van der Waals surface area contributed by atoms with Crippen molar-refractivity contribution >= 4 is 39.0 Å². The molecular formula is C26H22N5O2S+. The van der Waals surface area contributed by atoms with Crippen LogP contribution in [-0.2, 0) is 0 Å². The number of thiophene rings is 1. The minimum atomic E-state index is -0.337. The van der Waals surface area contributed by atoms with Gasteiger partial charge in [-0.25, -0.2) is 4.98 Å². The Morgan fingerprint density at radius 2 is 1.88 bits per heavy atom. The molecule has 3 heterocycles. The van der Waals surface area contributed by atoms with Gasteiger partial charge in [-0.1, -0.05) is 60.2 Å². The number of aryl methyl sites for hydroxylation is 1. The summed E-state index contributed by atoms with van der Waals surface area (Å²) in [5.74, 6) is -0.0406. The maximum absolute atomic E-state index is 13.1. The van der Waals surface area contributed by atoms with Crippen LogP contribution in [0.25, 0.3) is 32.6 Å². The molecule has 1 aliphatic carbocycles. The summed E-state index contributed by atoms with van der Waals surface area (Å²) in [7, 11) is 0. The van der Waals surface area contributed by atoms with Crippen LogP contribution in [0.4, 0.5) is 11.6 Å². The fourth-order valence-electron chi connectivity index (χ4n) is 4.00. The molecule has 7 nitrogen and oxygen atoms in total. The highest BCUT2D eigenvalue weighted by Gasteiger charge is 2.36. The predicted molar refractivity (Wildman–Crippen MR) is 133 cm³/mol. The molecule has 6 rings (SSSR count). The van der Waals surface area contributed by atoms with Crippen molar-refractivity contribution in [1.82, 2.24) is 10.3 Å². The molecule has 1 saturated carbocycles. The van der Waals surface area contributed by atoms with E-state index in [0.29, 0.717) is 27.3 Å². The van der Waals surface area contributed by atoms with Crippen molar-refractivity contribution in [3.63, 3.8) is 0 Å². The number of nitrogens with two attached hydrogens (primary N) is 1. The van der Waals surface area contributed by atoms with Crippen molar-refractivity contribution < 1.29 is 14.0 Å². The number of benzene rings is 2. The van der Waals surface area contributed by atoms with Crippen molar-refractivity contribution in [2.45, 2.75) is 25.8 Å². The third-order valence-corrected chi connectivity index (χ3v) is 7.08. The Balaban J connectivity index is 1.46. The van der Waals surface area contributed by atoms with Gasteiger partial charge in [-0.15, -0.1) is 11.3 Å². The van der Waals surface area contributed by atoms with Crippen LogP contribution in [-0.4, -0.2) is 16.2 Å². The summed E-state index contributed by atoms with van der Waals surface area (Å²) < 4.78 is 7.03. The highest BCUT2D eigenvalue weighted by molar-refractivity contribution is 7.21. The molecular weight excluding hydrogens is 446 g/mol. The molecule has 0 bridgehead atoms. The zero-order valence-corrected chi connectivity index (χ0v) is 19.3. The number of nitrogens with one attached hydrogen (secondary N) is 1. The Morgan fingerprint density at radius 3 is 2.62 bits per heavy atom. The number of carbonyl (C=O) groups excluding carboxylic acids is 1. The fourth-order valence-corrected chi connectivity index (χ4v) is 5.02. The largest absolute Gasteiger partial charge is 0.397 e. The number of aromatic nitrogens is 3. The van der Waals surface area contributed by atoms with E-state index < -0.39 is 0 Å². The molecule has 0 saturated heterocycles. The summed E-state index contributed by atoms with van der Waals surface area (Å²) in [6, 6.07) is 20.7. The maximum atomic E-state index is 13.1. The van der Waals surface area contributed by atoms with Gasteiger partial charge in [-0.05, 0) is 28.8 Å². The molecule has 0 aliphatic heterocycles.